The van der Waals surface area contributed by atoms with Crippen molar-refractivity contribution >= 4 is 57.3 Å². The van der Waals surface area contributed by atoms with Crippen molar-refractivity contribution in [1.82, 2.24) is 14.8 Å². The maximum Gasteiger partial charge on any atom is 0.348 e. The van der Waals surface area contributed by atoms with Crippen LogP contribution in [0.5, 0.6) is 0 Å². The molecule has 0 atom stereocenters. The first kappa shape index (κ1) is 25.7. The lowest BCUT2D eigenvalue weighted by molar-refractivity contribution is -0.113. The molecular formula is C22H24N4O5S3. The molecule has 3 aromatic heterocycles. The third kappa shape index (κ3) is 5.40. The van der Waals surface area contributed by atoms with Crippen LogP contribution in [-0.4, -0.2) is 52.6 Å². The van der Waals surface area contributed by atoms with Crippen molar-refractivity contribution in [1.29, 1.82) is 0 Å². The second kappa shape index (κ2) is 11.4. The van der Waals surface area contributed by atoms with E-state index in [1.165, 1.54) is 30.9 Å². The Bertz CT molecular complexity index is 1230. The number of aromatic nitrogens is 3. The molecule has 1 amide bonds. The van der Waals surface area contributed by atoms with Gasteiger partial charge in [0, 0.05) is 22.4 Å². The summed E-state index contributed by atoms with van der Waals surface area (Å²) in [6.45, 7) is 8.00. The molecule has 0 aliphatic carbocycles. The van der Waals surface area contributed by atoms with Gasteiger partial charge in [0.15, 0.2) is 11.0 Å². The van der Waals surface area contributed by atoms with Gasteiger partial charge in [0.2, 0.25) is 5.91 Å². The van der Waals surface area contributed by atoms with Gasteiger partial charge in [-0.3, -0.25) is 9.36 Å². The van der Waals surface area contributed by atoms with Crippen LogP contribution in [0.25, 0.3) is 11.4 Å². The van der Waals surface area contributed by atoms with Crippen molar-refractivity contribution in [3.63, 3.8) is 0 Å². The fourth-order valence-electron chi connectivity index (χ4n) is 3.12. The molecule has 180 valence electrons. The van der Waals surface area contributed by atoms with Gasteiger partial charge in [-0.2, -0.15) is 0 Å². The number of esters is 2. The lowest BCUT2D eigenvalue weighted by Gasteiger charge is -2.08. The van der Waals surface area contributed by atoms with Gasteiger partial charge in [0.05, 0.1) is 25.5 Å². The third-order valence-corrected chi connectivity index (χ3v) is 8.02. The molecule has 3 heterocycles. The molecule has 1 N–H and O–H groups in total. The van der Waals surface area contributed by atoms with Crippen molar-refractivity contribution in [2.75, 3.05) is 25.3 Å². The second-order valence-corrected chi connectivity index (χ2v) is 9.90. The molecule has 0 bridgehead atoms. The third-order valence-electron chi connectivity index (χ3n) is 4.78. The van der Waals surface area contributed by atoms with Gasteiger partial charge in [-0.1, -0.05) is 24.8 Å². The average molecular weight is 521 g/mol. The first-order valence-electron chi connectivity index (χ1n) is 10.2. The number of carbonyl (C=O) groups is 3. The van der Waals surface area contributed by atoms with Gasteiger partial charge in [-0.15, -0.1) is 39.4 Å². The Balaban J connectivity index is 1.78. The quantitative estimate of drug-likeness (QED) is 0.237. The smallest absolute Gasteiger partial charge is 0.348 e. The Hall–Kier alpha value is -2.96. The van der Waals surface area contributed by atoms with Crippen molar-refractivity contribution in [2.45, 2.75) is 32.0 Å². The Kier molecular flexibility index (Phi) is 8.64. The predicted octanol–water partition coefficient (Wildman–Crippen LogP) is 4.43. The van der Waals surface area contributed by atoms with Crippen molar-refractivity contribution in [2.24, 2.45) is 0 Å². The summed E-state index contributed by atoms with van der Waals surface area (Å²) in [5.41, 5.74) is 1.50. The number of thiophene rings is 2. The Morgan fingerprint density at radius 3 is 2.59 bits per heavy atom. The first-order chi connectivity index (χ1) is 16.3. The molecule has 34 heavy (non-hydrogen) atoms. The molecule has 0 spiro atoms. The fourth-order valence-corrected chi connectivity index (χ4v) is 5.81. The molecule has 0 aromatic carbocycles. The van der Waals surface area contributed by atoms with Crippen LogP contribution in [0.4, 0.5) is 5.00 Å². The maximum atomic E-state index is 12.7. The van der Waals surface area contributed by atoms with Crippen molar-refractivity contribution in [3.8, 4) is 11.4 Å². The molecule has 0 aliphatic rings. The van der Waals surface area contributed by atoms with Gasteiger partial charge < -0.3 is 14.8 Å². The summed E-state index contributed by atoms with van der Waals surface area (Å²) in [6.07, 6.45) is 2.69. The summed E-state index contributed by atoms with van der Waals surface area (Å²) < 4.78 is 11.5. The van der Waals surface area contributed by atoms with Crippen LogP contribution in [0, 0.1) is 6.92 Å². The minimum atomic E-state index is -0.649. The highest BCUT2D eigenvalue weighted by Crippen LogP contribution is 2.34. The van der Waals surface area contributed by atoms with Crippen LogP contribution < -0.4 is 5.32 Å². The number of carbonyl (C=O) groups excluding carboxylic acids is 3. The molecule has 0 aliphatic heterocycles. The highest BCUT2D eigenvalue weighted by molar-refractivity contribution is 7.99. The SMILES string of the molecule is C=CCn1c(SCC(=O)Nc2sc(C(=O)OC)c(C)c2C(=O)OC)nnc1-c1csc(CC)c1. The van der Waals surface area contributed by atoms with Gasteiger partial charge in [-0.05, 0) is 25.0 Å². The Morgan fingerprint density at radius 1 is 1.24 bits per heavy atom. The van der Waals surface area contributed by atoms with Gasteiger partial charge >= 0.3 is 11.9 Å². The Morgan fingerprint density at radius 2 is 1.97 bits per heavy atom. The zero-order valence-electron chi connectivity index (χ0n) is 19.2. The summed E-state index contributed by atoms with van der Waals surface area (Å²) in [5.74, 6) is -0.879. The van der Waals surface area contributed by atoms with E-state index in [4.69, 9.17) is 9.47 Å². The highest BCUT2D eigenvalue weighted by atomic mass is 32.2. The number of thioether (sulfide) groups is 1. The van der Waals surface area contributed by atoms with E-state index in [1.807, 2.05) is 9.95 Å². The van der Waals surface area contributed by atoms with Gasteiger partial charge in [0.1, 0.15) is 9.88 Å². The minimum Gasteiger partial charge on any atom is -0.465 e. The summed E-state index contributed by atoms with van der Waals surface area (Å²) in [4.78, 5) is 38.5. The molecule has 3 aromatic rings. The minimum absolute atomic E-state index is 0.0181. The van der Waals surface area contributed by atoms with E-state index < -0.39 is 11.9 Å². The number of hydrogen-bond donors (Lipinski definition) is 1. The molecule has 0 unspecified atom stereocenters. The number of rotatable bonds is 10. The molecule has 0 saturated carbocycles. The van der Waals surface area contributed by atoms with Crippen LogP contribution in [0.1, 0.15) is 37.4 Å². The van der Waals surface area contributed by atoms with E-state index in [0.29, 0.717) is 23.1 Å². The number of allylic oxidation sites excluding steroid dienone is 1. The van der Waals surface area contributed by atoms with E-state index in [-0.39, 0.29) is 27.1 Å². The van der Waals surface area contributed by atoms with E-state index in [0.717, 1.165) is 23.3 Å². The van der Waals surface area contributed by atoms with E-state index in [1.54, 1.807) is 24.3 Å². The normalized spacial score (nSPS) is 10.7. The largest absolute Gasteiger partial charge is 0.465 e. The first-order valence-corrected chi connectivity index (χ1v) is 12.9. The topological polar surface area (TPSA) is 112 Å². The predicted molar refractivity (Wildman–Crippen MR) is 134 cm³/mol. The van der Waals surface area contributed by atoms with Crippen LogP contribution >= 0.6 is 34.4 Å². The lowest BCUT2D eigenvalue weighted by Crippen LogP contribution is -2.16. The lowest BCUT2D eigenvalue weighted by atomic mass is 10.1. The molecular weight excluding hydrogens is 496 g/mol. The number of nitrogens with zero attached hydrogens (tertiary/aromatic N) is 3. The molecule has 3 rings (SSSR count). The number of methoxy groups -OCH3 is 2. The van der Waals surface area contributed by atoms with Gasteiger partial charge in [-0.25, -0.2) is 9.59 Å². The van der Waals surface area contributed by atoms with Crippen LogP contribution in [-0.2, 0) is 27.2 Å². The fraction of sp³-hybridized carbons (Fsp3) is 0.318. The molecule has 0 saturated heterocycles. The second-order valence-electron chi connectivity index (χ2n) is 6.94. The number of aryl methyl sites for hydroxylation is 1. The summed E-state index contributed by atoms with van der Waals surface area (Å²) in [7, 11) is 2.49. The number of hydrogen-bond acceptors (Lipinski definition) is 10. The standard InChI is InChI=1S/C22H24N4O5S3/c1-6-8-26-18(13-9-14(7-2)32-10-13)24-25-22(26)33-11-15(27)23-19-16(20(28)30-4)12(3)17(34-19)21(29)31-5/h6,9-10H,1,7-8,11H2,2-5H3,(H,23,27). The van der Waals surface area contributed by atoms with Crippen LogP contribution in [0.3, 0.4) is 0 Å². The van der Waals surface area contributed by atoms with E-state index >= 15 is 0 Å². The zero-order valence-corrected chi connectivity index (χ0v) is 21.6. The summed E-state index contributed by atoms with van der Waals surface area (Å²) in [5, 5.41) is 14.1. The molecule has 0 fully saturated rings. The average Bonchev–Trinajstić information content (AvgIpc) is 3.54. The summed E-state index contributed by atoms with van der Waals surface area (Å²) >= 11 is 3.85. The van der Waals surface area contributed by atoms with Crippen LogP contribution in [0.15, 0.2) is 29.3 Å². The van der Waals surface area contributed by atoms with Crippen molar-refractivity contribution < 1.29 is 23.9 Å². The highest BCUT2D eigenvalue weighted by Gasteiger charge is 2.27. The zero-order chi connectivity index (χ0) is 24.8. The molecule has 9 nitrogen and oxygen atoms in total. The van der Waals surface area contributed by atoms with Gasteiger partial charge in [0.25, 0.3) is 0 Å². The monoisotopic (exact) mass is 520 g/mol. The van der Waals surface area contributed by atoms with E-state index in [9.17, 15) is 14.4 Å². The number of nitrogens with one attached hydrogen (secondary N) is 1. The number of amides is 1. The van der Waals surface area contributed by atoms with Crippen LogP contribution in [0.2, 0.25) is 0 Å². The molecule has 12 heteroatoms. The number of ether oxygens (including phenoxy) is 2. The number of anilines is 1. The van der Waals surface area contributed by atoms with E-state index in [2.05, 4.69) is 35.1 Å². The summed E-state index contributed by atoms with van der Waals surface area (Å²) in [6, 6.07) is 2.09. The Labute approximate surface area is 209 Å². The molecule has 0 radical (unpaired) electrons. The maximum absolute atomic E-state index is 12.7. The van der Waals surface area contributed by atoms with Crippen molar-refractivity contribution in [3.05, 3.63) is 45.0 Å².